The zero-order chi connectivity index (χ0) is 15.7. The first-order valence-electron chi connectivity index (χ1n) is 7.28. The van der Waals surface area contributed by atoms with Crippen molar-refractivity contribution in [2.45, 2.75) is 37.3 Å². The third kappa shape index (κ3) is 2.76. The van der Waals surface area contributed by atoms with Crippen LogP contribution in [0.1, 0.15) is 36.8 Å². The summed E-state index contributed by atoms with van der Waals surface area (Å²) in [5.41, 5.74) is 0.839. The molecule has 1 fully saturated rings. The number of aromatic nitrogens is 4. The molecule has 0 saturated carbocycles. The number of nitrogens with zero attached hydrogens (tertiary/aromatic N) is 5. The lowest BCUT2D eigenvalue weighted by Crippen LogP contribution is -2.39. The largest absolute Gasteiger partial charge is 0.339 e. The molecule has 0 radical (unpaired) electrons. The number of hydrogen-bond donors (Lipinski definition) is 0. The van der Waals surface area contributed by atoms with Gasteiger partial charge in [0.05, 0.1) is 12.4 Å². The van der Waals surface area contributed by atoms with E-state index in [1.54, 1.807) is 17.8 Å². The van der Waals surface area contributed by atoms with Crippen molar-refractivity contribution in [3.8, 4) is 0 Å². The van der Waals surface area contributed by atoms with Crippen LogP contribution >= 0.6 is 0 Å². The van der Waals surface area contributed by atoms with E-state index in [4.69, 9.17) is 0 Å². The van der Waals surface area contributed by atoms with Crippen LogP contribution in [-0.4, -0.2) is 38.8 Å². The lowest BCUT2D eigenvalue weighted by Gasteiger charge is -2.33. The summed E-state index contributed by atoms with van der Waals surface area (Å²) in [6.45, 7) is 2.35. The van der Waals surface area contributed by atoms with Gasteiger partial charge in [-0.3, -0.25) is 0 Å². The molecule has 1 aliphatic rings. The number of hydrogen-bond acceptors (Lipinski definition) is 5. The van der Waals surface area contributed by atoms with E-state index in [1.807, 2.05) is 13.0 Å². The van der Waals surface area contributed by atoms with Gasteiger partial charge in [0, 0.05) is 31.7 Å². The quantitative estimate of drug-likeness (QED) is 0.854. The molecule has 2 aromatic rings. The number of sulfonamides is 1. The summed E-state index contributed by atoms with van der Waals surface area (Å²) in [6, 6.07) is 1.49. The third-order valence-corrected chi connectivity index (χ3v) is 5.61. The molecule has 2 aromatic heterocycles. The van der Waals surface area contributed by atoms with Crippen LogP contribution in [-0.2, 0) is 17.1 Å². The maximum absolute atomic E-state index is 12.9. The third-order valence-electron chi connectivity index (χ3n) is 3.82. The average molecular weight is 321 g/mol. The first-order chi connectivity index (χ1) is 10.5. The molecule has 8 heteroatoms. The minimum Gasteiger partial charge on any atom is -0.339 e. The van der Waals surface area contributed by atoms with Crippen molar-refractivity contribution in [2.75, 3.05) is 6.54 Å². The average Bonchev–Trinajstić information content (AvgIpc) is 2.95. The standard InChI is InChI=1S/C14H19N5O2S/c1-11-6-7-15-14(17-11)12-5-3-4-8-19(12)22(20,21)13-9-18(2)10-16-13/h6-7,9-10,12H,3-5,8H2,1-2H3. The molecule has 1 saturated heterocycles. The second kappa shape index (κ2) is 5.77. The summed E-state index contributed by atoms with van der Waals surface area (Å²) in [7, 11) is -1.88. The molecular weight excluding hydrogens is 302 g/mol. The molecule has 3 rings (SSSR count). The maximum Gasteiger partial charge on any atom is 0.262 e. The maximum atomic E-state index is 12.9. The van der Waals surface area contributed by atoms with Gasteiger partial charge in [-0.25, -0.2) is 23.4 Å². The monoisotopic (exact) mass is 321 g/mol. The molecule has 1 unspecified atom stereocenters. The van der Waals surface area contributed by atoms with Crippen molar-refractivity contribution >= 4 is 10.0 Å². The molecule has 118 valence electrons. The molecule has 0 aliphatic carbocycles. The van der Waals surface area contributed by atoms with Crippen molar-refractivity contribution in [1.29, 1.82) is 0 Å². The Kier molecular flexibility index (Phi) is 3.96. The highest BCUT2D eigenvalue weighted by atomic mass is 32.2. The van der Waals surface area contributed by atoms with Gasteiger partial charge in [0.15, 0.2) is 5.03 Å². The van der Waals surface area contributed by atoms with Crippen LogP contribution in [0.2, 0.25) is 0 Å². The van der Waals surface area contributed by atoms with Gasteiger partial charge in [-0.1, -0.05) is 6.42 Å². The van der Waals surface area contributed by atoms with Gasteiger partial charge < -0.3 is 4.57 Å². The summed E-state index contributed by atoms with van der Waals surface area (Å²) in [5.74, 6) is 0.569. The van der Waals surface area contributed by atoms with E-state index >= 15 is 0 Å². The molecule has 22 heavy (non-hydrogen) atoms. The summed E-state index contributed by atoms with van der Waals surface area (Å²) in [6.07, 6.45) is 7.24. The fraction of sp³-hybridized carbons (Fsp3) is 0.500. The van der Waals surface area contributed by atoms with Crippen LogP contribution in [0.4, 0.5) is 0 Å². The van der Waals surface area contributed by atoms with E-state index < -0.39 is 10.0 Å². The molecule has 0 bridgehead atoms. The predicted molar refractivity (Wildman–Crippen MR) is 80.5 cm³/mol. The normalized spacial score (nSPS) is 20.2. The molecule has 7 nitrogen and oxygen atoms in total. The van der Waals surface area contributed by atoms with Gasteiger partial charge >= 0.3 is 0 Å². The molecule has 1 atom stereocenters. The number of piperidine rings is 1. The number of aryl methyl sites for hydroxylation is 2. The van der Waals surface area contributed by atoms with Crippen LogP contribution in [0, 0.1) is 6.92 Å². The van der Waals surface area contributed by atoms with E-state index in [9.17, 15) is 8.42 Å². The summed E-state index contributed by atoms with van der Waals surface area (Å²) in [5, 5.41) is 0.0783. The minimum atomic E-state index is -3.63. The molecular formula is C14H19N5O2S. The fourth-order valence-electron chi connectivity index (χ4n) is 2.72. The van der Waals surface area contributed by atoms with Crippen molar-refractivity contribution in [1.82, 2.24) is 23.8 Å². The lowest BCUT2D eigenvalue weighted by atomic mass is 10.0. The Labute approximate surface area is 130 Å². The van der Waals surface area contributed by atoms with Gasteiger partial charge in [-0.15, -0.1) is 0 Å². The minimum absolute atomic E-state index is 0.0783. The Hall–Kier alpha value is -1.80. The molecule has 0 amide bonds. The van der Waals surface area contributed by atoms with Gasteiger partial charge in [0.2, 0.25) is 0 Å². The van der Waals surface area contributed by atoms with Crippen molar-refractivity contribution in [3.05, 3.63) is 36.3 Å². The molecule has 1 aliphatic heterocycles. The van der Waals surface area contributed by atoms with Crippen LogP contribution < -0.4 is 0 Å². The fourth-order valence-corrected chi connectivity index (χ4v) is 4.35. The highest BCUT2D eigenvalue weighted by Gasteiger charge is 2.37. The van der Waals surface area contributed by atoms with Gasteiger partial charge in [-0.2, -0.15) is 4.31 Å². The van der Waals surface area contributed by atoms with Crippen molar-refractivity contribution in [2.24, 2.45) is 7.05 Å². The van der Waals surface area contributed by atoms with Crippen LogP contribution in [0.15, 0.2) is 29.8 Å². The first kappa shape index (κ1) is 15.1. The Balaban J connectivity index is 1.99. The number of rotatable bonds is 3. The van der Waals surface area contributed by atoms with E-state index in [-0.39, 0.29) is 11.1 Å². The smallest absolute Gasteiger partial charge is 0.262 e. The predicted octanol–water partition coefficient (Wildman–Crippen LogP) is 1.43. The van der Waals surface area contributed by atoms with Crippen molar-refractivity contribution < 1.29 is 8.42 Å². The summed E-state index contributed by atoms with van der Waals surface area (Å²) < 4.78 is 28.9. The van der Waals surface area contributed by atoms with Crippen molar-refractivity contribution in [3.63, 3.8) is 0 Å². The van der Waals surface area contributed by atoms with Gasteiger partial charge in [0.25, 0.3) is 10.0 Å². The second-order valence-electron chi connectivity index (χ2n) is 5.56. The van der Waals surface area contributed by atoms with E-state index in [2.05, 4.69) is 15.0 Å². The number of imidazole rings is 1. The lowest BCUT2D eigenvalue weighted by molar-refractivity contribution is 0.245. The van der Waals surface area contributed by atoms with Crippen LogP contribution in [0.5, 0.6) is 0 Å². The zero-order valence-electron chi connectivity index (χ0n) is 12.7. The highest BCUT2D eigenvalue weighted by Crippen LogP contribution is 2.33. The summed E-state index contributed by atoms with van der Waals surface area (Å²) >= 11 is 0. The zero-order valence-corrected chi connectivity index (χ0v) is 13.5. The van der Waals surface area contributed by atoms with E-state index in [0.29, 0.717) is 12.4 Å². The first-order valence-corrected chi connectivity index (χ1v) is 8.72. The SMILES string of the molecule is Cc1ccnc(C2CCCCN2S(=O)(=O)c2cn(C)cn2)n1. The topological polar surface area (TPSA) is 81.0 Å². The molecule has 0 N–H and O–H groups in total. The van der Waals surface area contributed by atoms with Crippen LogP contribution in [0.25, 0.3) is 0 Å². The highest BCUT2D eigenvalue weighted by molar-refractivity contribution is 7.89. The molecule has 0 aromatic carbocycles. The van der Waals surface area contributed by atoms with E-state index in [1.165, 1.54) is 16.8 Å². The Morgan fingerprint density at radius 1 is 1.27 bits per heavy atom. The van der Waals surface area contributed by atoms with E-state index in [0.717, 1.165) is 25.0 Å². The second-order valence-corrected chi connectivity index (χ2v) is 7.40. The Bertz CT molecular complexity index is 771. The molecule has 0 spiro atoms. The molecule has 3 heterocycles. The van der Waals surface area contributed by atoms with Gasteiger partial charge in [-0.05, 0) is 25.8 Å². The Morgan fingerprint density at radius 3 is 2.77 bits per heavy atom. The Morgan fingerprint density at radius 2 is 2.09 bits per heavy atom. The van der Waals surface area contributed by atoms with Crippen LogP contribution in [0.3, 0.4) is 0 Å². The summed E-state index contributed by atoms with van der Waals surface area (Å²) in [4.78, 5) is 12.7. The van der Waals surface area contributed by atoms with Gasteiger partial charge in [0.1, 0.15) is 5.82 Å².